The first-order valence-corrected chi connectivity index (χ1v) is 5.15. The Morgan fingerprint density at radius 1 is 1.40 bits per heavy atom. The zero-order chi connectivity index (χ0) is 10.7. The molecule has 2 rings (SSSR count). The molecule has 0 aromatic heterocycles. The molecule has 0 saturated heterocycles. The Kier molecular flexibility index (Phi) is 2.81. The molecule has 1 aliphatic rings. The molecule has 1 saturated carbocycles. The van der Waals surface area contributed by atoms with Gasteiger partial charge >= 0.3 is 0 Å². The van der Waals surface area contributed by atoms with Crippen LogP contribution in [0.1, 0.15) is 24.0 Å². The van der Waals surface area contributed by atoms with Crippen molar-refractivity contribution in [2.24, 2.45) is 11.0 Å². The highest BCUT2D eigenvalue weighted by Gasteiger charge is 2.29. The number of nitrogens with zero attached hydrogens (tertiary/aromatic N) is 1. The maximum atomic E-state index is 11.2. The Hall–Kier alpha value is -1.64. The minimum absolute atomic E-state index is 0.0401. The van der Waals surface area contributed by atoms with E-state index in [9.17, 15) is 4.79 Å². The zero-order valence-electron chi connectivity index (χ0n) is 8.73. The monoisotopic (exact) mass is 202 g/mol. The number of rotatable bonds is 3. The Morgan fingerprint density at radius 3 is 2.67 bits per heavy atom. The quantitative estimate of drug-likeness (QED) is 0.590. The van der Waals surface area contributed by atoms with E-state index < -0.39 is 0 Å². The number of aryl methyl sites for hydroxylation is 1. The van der Waals surface area contributed by atoms with Crippen LogP contribution in [-0.4, -0.2) is 12.1 Å². The molecule has 15 heavy (non-hydrogen) atoms. The molecule has 1 amide bonds. The minimum Gasteiger partial charge on any atom is -0.273 e. The van der Waals surface area contributed by atoms with Gasteiger partial charge in [-0.15, -0.1) is 0 Å². The van der Waals surface area contributed by atoms with E-state index in [2.05, 4.69) is 10.5 Å². The smallest absolute Gasteiger partial charge is 0.243 e. The van der Waals surface area contributed by atoms with Crippen LogP contribution in [0.15, 0.2) is 29.4 Å². The number of hydrogen-bond acceptors (Lipinski definition) is 2. The van der Waals surface area contributed by atoms with Crippen molar-refractivity contribution in [3.8, 4) is 0 Å². The van der Waals surface area contributed by atoms with Gasteiger partial charge in [-0.2, -0.15) is 5.10 Å². The summed E-state index contributed by atoms with van der Waals surface area (Å²) in [4.78, 5) is 11.2. The van der Waals surface area contributed by atoms with Crippen LogP contribution in [0.5, 0.6) is 0 Å². The third-order valence-electron chi connectivity index (χ3n) is 2.41. The van der Waals surface area contributed by atoms with Crippen LogP contribution in [0.4, 0.5) is 0 Å². The molecule has 3 heteroatoms. The van der Waals surface area contributed by atoms with Crippen LogP contribution >= 0.6 is 0 Å². The number of hydrazone groups is 1. The molecule has 0 bridgehead atoms. The van der Waals surface area contributed by atoms with Gasteiger partial charge in [-0.3, -0.25) is 4.79 Å². The molecule has 0 aliphatic heterocycles. The van der Waals surface area contributed by atoms with Crippen LogP contribution in [0.3, 0.4) is 0 Å². The highest BCUT2D eigenvalue weighted by Crippen LogP contribution is 2.28. The van der Waals surface area contributed by atoms with Crippen molar-refractivity contribution in [2.45, 2.75) is 19.8 Å². The van der Waals surface area contributed by atoms with E-state index in [-0.39, 0.29) is 11.8 Å². The summed E-state index contributed by atoms with van der Waals surface area (Å²) in [6.07, 6.45) is 3.68. The van der Waals surface area contributed by atoms with Crippen LogP contribution in [-0.2, 0) is 4.79 Å². The summed E-state index contributed by atoms with van der Waals surface area (Å²) in [7, 11) is 0. The highest BCUT2D eigenvalue weighted by molar-refractivity contribution is 5.84. The average molecular weight is 202 g/mol. The first-order valence-electron chi connectivity index (χ1n) is 5.15. The highest BCUT2D eigenvalue weighted by atomic mass is 16.2. The Labute approximate surface area is 89.2 Å². The third-order valence-corrected chi connectivity index (χ3v) is 2.41. The first-order chi connectivity index (χ1) is 7.25. The van der Waals surface area contributed by atoms with Crippen molar-refractivity contribution in [2.75, 3.05) is 0 Å². The second kappa shape index (κ2) is 4.26. The predicted octanol–water partition coefficient (Wildman–Crippen LogP) is 1.86. The number of carbonyl (C=O) groups is 1. The minimum atomic E-state index is 0.0401. The molecular weight excluding hydrogens is 188 g/mol. The average Bonchev–Trinajstić information content (AvgIpc) is 3.04. The molecule has 0 unspecified atom stereocenters. The first kappa shape index (κ1) is 9.90. The van der Waals surface area contributed by atoms with Gasteiger partial charge in [-0.05, 0) is 25.3 Å². The fraction of sp³-hybridized carbons (Fsp3) is 0.333. The Morgan fingerprint density at radius 2 is 2.07 bits per heavy atom. The normalized spacial score (nSPS) is 15.5. The third kappa shape index (κ3) is 2.91. The molecule has 1 aromatic rings. The maximum absolute atomic E-state index is 11.2. The lowest BCUT2D eigenvalue weighted by Gasteiger charge is -1.96. The lowest BCUT2D eigenvalue weighted by Crippen LogP contribution is -2.18. The molecule has 1 aliphatic carbocycles. The summed E-state index contributed by atoms with van der Waals surface area (Å²) in [5, 5.41) is 3.91. The molecular formula is C12H14N2O. The van der Waals surface area contributed by atoms with Crippen LogP contribution in [0.2, 0.25) is 0 Å². The van der Waals surface area contributed by atoms with Crippen molar-refractivity contribution in [1.82, 2.24) is 5.43 Å². The molecule has 0 radical (unpaired) electrons. The molecule has 1 fully saturated rings. The topological polar surface area (TPSA) is 41.5 Å². The SMILES string of the molecule is Cc1ccc(/C=N\NC(=O)C2CC2)cc1. The van der Waals surface area contributed by atoms with Gasteiger partial charge in [0, 0.05) is 5.92 Å². The second-order valence-corrected chi connectivity index (χ2v) is 3.92. The van der Waals surface area contributed by atoms with Crippen molar-refractivity contribution < 1.29 is 4.79 Å². The van der Waals surface area contributed by atoms with Gasteiger partial charge in [0.15, 0.2) is 0 Å². The molecule has 0 heterocycles. The van der Waals surface area contributed by atoms with E-state index in [1.807, 2.05) is 31.2 Å². The molecule has 0 spiro atoms. The zero-order valence-corrected chi connectivity index (χ0v) is 8.73. The second-order valence-electron chi connectivity index (χ2n) is 3.92. The van der Waals surface area contributed by atoms with E-state index in [4.69, 9.17) is 0 Å². The largest absolute Gasteiger partial charge is 0.273 e. The Balaban J connectivity index is 1.87. The number of carbonyl (C=O) groups excluding carboxylic acids is 1. The summed E-state index contributed by atoms with van der Waals surface area (Å²) >= 11 is 0. The Bertz CT molecular complexity index is 377. The van der Waals surface area contributed by atoms with Crippen molar-refractivity contribution in [3.63, 3.8) is 0 Å². The van der Waals surface area contributed by atoms with E-state index in [0.717, 1.165) is 18.4 Å². The predicted molar refractivity (Wildman–Crippen MR) is 59.6 cm³/mol. The van der Waals surface area contributed by atoms with Crippen molar-refractivity contribution in [3.05, 3.63) is 35.4 Å². The molecule has 3 nitrogen and oxygen atoms in total. The van der Waals surface area contributed by atoms with Crippen molar-refractivity contribution >= 4 is 12.1 Å². The van der Waals surface area contributed by atoms with Gasteiger partial charge in [-0.1, -0.05) is 29.8 Å². The van der Waals surface area contributed by atoms with Gasteiger partial charge in [0.2, 0.25) is 5.91 Å². The lowest BCUT2D eigenvalue weighted by molar-refractivity contribution is -0.122. The van der Waals surface area contributed by atoms with Gasteiger partial charge in [-0.25, -0.2) is 5.43 Å². The van der Waals surface area contributed by atoms with Gasteiger partial charge < -0.3 is 0 Å². The van der Waals surface area contributed by atoms with Crippen LogP contribution < -0.4 is 5.43 Å². The number of amides is 1. The molecule has 1 aromatic carbocycles. The van der Waals surface area contributed by atoms with Crippen LogP contribution in [0, 0.1) is 12.8 Å². The fourth-order valence-electron chi connectivity index (χ4n) is 1.26. The van der Waals surface area contributed by atoms with Gasteiger partial charge in [0.05, 0.1) is 6.21 Å². The van der Waals surface area contributed by atoms with Crippen molar-refractivity contribution in [1.29, 1.82) is 0 Å². The number of benzene rings is 1. The van der Waals surface area contributed by atoms with E-state index >= 15 is 0 Å². The number of nitrogens with one attached hydrogen (secondary N) is 1. The van der Waals surface area contributed by atoms with E-state index in [0.29, 0.717) is 0 Å². The molecule has 78 valence electrons. The fourth-order valence-corrected chi connectivity index (χ4v) is 1.26. The summed E-state index contributed by atoms with van der Waals surface area (Å²) in [6, 6.07) is 7.98. The summed E-state index contributed by atoms with van der Waals surface area (Å²) in [5.41, 5.74) is 4.75. The summed E-state index contributed by atoms with van der Waals surface area (Å²) < 4.78 is 0. The van der Waals surface area contributed by atoms with E-state index in [1.165, 1.54) is 5.56 Å². The van der Waals surface area contributed by atoms with E-state index in [1.54, 1.807) is 6.21 Å². The molecule has 0 atom stereocenters. The summed E-state index contributed by atoms with van der Waals surface area (Å²) in [5.74, 6) is 0.249. The van der Waals surface area contributed by atoms with Crippen LogP contribution in [0.25, 0.3) is 0 Å². The maximum Gasteiger partial charge on any atom is 0.243 e. The van der Waals surface area contributed by atoms with Gasteiger partial charge in [0.25, 0.3) is 0 Å². The molecule has 1 N–H and O–H groups in total. The standard InChI is InChI=1S/C12H14N2O/c1-9-2-4-10(5-3-9)8-13-14-12(15)11-6-7-11/h2-5,8,11H,6-7H2,1H3,(H,14,15)/b13-8-. The van der Waals surface area contributed by atoms with Gasteiger partial charge in [0.1, 0.15) is 0 Å². The number of hydrogen-bond donors (Lipinski definition) is 1. The summed E-state index contributed by atoms with van der Waals surface area (Å²) in [6.45, 7) is 2.04. The lowest BCUT2D eigenvalue weighted by atomic mass is 10.2.